The molecule has 0 bridgehead atoms. The van der Waals surface area contributed by atoms with Crippen molar-refractivity contribution < 1.29 is 24.5 Å². The van der Waals surface area contributed by atoms with E-state index in [1.807, 2.05) is 36.4 Å². The number of phenols is 1. The van der Waals surface area contributed by atoms with Gasteiger partial charge in [-0.2, -0.15) is 0 Å². The predicted octanol–water partition coefficient (Wildman–Crippen LogP) is 4.80. The summed E-state index contributed by atoms with van der Waals surface area (Å²) in [5, 5.41) is 19.8. The number of aromatic carboxylic acids is 1. The van der Waals surface area contributed by atoms with Gasteiger partial charge in [0.2, 0.25) is 0 Å². The number of carboxylic acid groups (broad SMARTS) is 1. The van der Waals surface area contributed by atoms with Crippen molar-refractivity contribution in [1.29, 1.82) is 0 Å². The number of aromatic hydroxyl groups is 1. The van der Waals surface area contributed by atoms with Crippen LogP contribution in [0.3, 0.4) is 0 Å². The molecule has 0 amide bonds. The van der Waals surface area contributed by atoms with Gasteiger partial charge in [-0.15, -0.1) is 0 Å². The highest BCUT2D eigenvalue weighted by Gasteiger charge is 2.35. The monoisotopic (exact) mass is 424 g/mol. The van der Waals surface area contributed by atoms with Crippen LogP contribution in [0.2, 0.25) is 0 Å². The molecular weight excluding hydrogens is 404 g/mol. The Kier molecular flexibility index (Phi) is 4.86. The second-order valence-electron chi connectivity index (χ2n) is 7.93. The number of carboxylic acids is 1. The molecule has 1 atom stereocenters. The van der Waals surface area contributed by atoms with E-state index in [-0.39, 0.29) is 23.5 Å². The third-order valence-electron chi connectivity index (χ3n) is 5.86. The first kappa shape index (κ1) is 19.8. The lowest BCUT2D eigenvalue weighted by Crippen LogP contribution is -2.32. The topological polar surface area (TPSA) is 83.8 Å². The van der Waals surface area contributed by atoms with Crippen molar-refractivity contribution in [2.75, 3.05) is 0 Å². The average Bonchev–Trinajstić information content (AvgIpc) is 2.79. The van der Waals surface area contributed by atoms with E-state index in [2.05, 4.69) is 0 Å². The fourth-order valence-corrected chi connectivity index (χ4v) is 4.39. The molecule has 5 rings (SSSR count). The molecule has 0 saturated heterocycles. The number of phenolic OH excluding ortho intramolecular Hbond substituents is 1. The van der Waals surface area contributed by atoms with E-state index < -0.39 is 12.1 Å². The summed E-state index contributed by atoms with van der Waals surface area (Å²) < 4.78 is 6.11. The van der Waals surface area contributed by atoms with Gasteiger partial charge in [-0.3, -0.25) is 4.79 Å². The number of hydrogen-bond donors (Lipinski definition) is 2. The molecule has 158 valence electrons. The molecule has 5 heteroatoms. The van der Waals surface area contributed by atoms with Gasteiger partial charge < -0.3 is 14.9 Å². The minimum atomic E-state index is -1.03. The van der Waals surface area contributed by atoms with Crippen molar-refractivity contribution in [3.05, 3.63) is 112 Å². The summed E-state index contributed by atoms with van der Waals surface area (Å²) in [6, 6.07) is 21.4. The van der Waals surface area contributed by atoms with Crippen LogP contribution in [0.25, 0.3) is 5.57 Å². The molecule has 1 aliphatic heterocycles. The Hall–Kier alpha value is -4.12. The minimum absolute atomic E-state index is 0.00271. The number of ketones is 1. The van der Waals surface area contributed by atoms with Gasteiger partial charge in [0.15, 0.2) is 5.78 Å². The summed E-state index contributed by atoms with van der Waals surface area (Å²) in [4.78, 5) is 24.9. The maximum absolute atomic E-state index is 12.9. The molecule has 1 unspecified atom stereocenters. The number of benzene rings is 3. The van der Waals surface area contributed by atoms with Crippen LogP contribution >= 0.6 is 0 Å². The predicted molar refractivity (Wildman–Crippen MR) is 120 cm³/mol. The van der Waals surface area contributed by atoms with E-state index in [1.165, 1.54) is 6.07 Å². The maximum atomic E-state index is 12.9. The van der Waals surface area contributed by atoms with Crippen molar-refractivity contribution in [2.45, 2.75) is 18.9 Å². The van der Waals surface area contributed by atoms with E-state index in [9.17, 15) is 19.8 Å². The molecular formula is C27H20O5. The van der Waals surface area contributed by atoms with Gasteiger partial charge in [0.1, 0.15) is 17.6 Å². The first-order valence-electron chi connectivity index (χ1n) is 10.4. The molecule has 0 fully saturated rings. The van der Waals surface area contributed by atoms with Crippen molar-refractivity contribution >= 4 is 17.3 Å². The van der Waals surface area contributed by atoms with E-state index >= 15 is 0 Å². The minimum Gasteiger partial charge on any atom is -0.508 e. The van der Waals surface area contributed by atoms with Crippen LogP contribution in [0.1, 0.15) is 33.5 Å². The fraction of sp³-hybridized carbons (Fsp3) is 0.111. The number of fused-ring (bicyclic) bond motifs is 2. The van der Waals surface area contributed by atoms with Crippen molar-refractivity contribution in [3.63, 3.8) is 0 Å². The molecule has 2 aliphatic rings. The Labute approximate surface area is 184 Å². The number of ether oxygens (including phenoxy) is 1. The lowest BCUT2D eigenvalue weighted by atomic mass is 9.79. The van der Waals surface area contributed by atoms with Gasteiger partial charge in [-0.25, -0.2) is 4.79 Å². The molecule has 1 aliphatic carbocycles. The average molecular weight is 424 g/mol. The third kappa shape index (κ3) is 3.48. The van der Waals surface area contributed by atoms with Crippen molar-refractivity contribution in [3.8, 4) is 11.5 Å². The third-order valence-corrected chi connectivity index (χ3v) is 5.86. The summed E-state index contributed by atoms with van der Waals surface area (Å²) in [6.45, 7) is 0. The van der Waals surface area contributed by atoms with Crippen LogP contribution in [0.15, 0.2) is 90.0 Å². The molecule has 2 N–H and O–H groups in total. The molecule has 0 spiro atoms. The van der Waals surface area contributed by atoms with E-state index in [0.29, 0.717) is 34.4 Å². The smallest absolute Gasteiger partial charge is 0.336 e. The van der Waals surface area contributed by atoms with Crippen LogP contribution in [0.5, 0.6) is 11.5 Å². The number of carbonyl (C=O) groups is 2. The zero-order chi connectivity index (χ0) is 22.2. The second kappa shape index (κ2) is 7.85. The lowest BCUT2D eigenvalue weighted by Gasteiger charge is -2.33. The van der Waals surface area contributed by atoms with Crippen LogP contribution < -0.4 is 4.74 Å². The summed E-state index contributed by atoms with van der Waals surface area (Å²) in [5.74, 6) is -0.559. The number of Topliss-reactive ketones (excluding diaryl/α,β-unsaturated/α-hetero) is 1. The zero-order valence-corrected chi connectivity index (χ0v) is 17.1. The number of carbonyl (C=O) groups excluding carboxylic acids is 1. The van der Waals surface area contributed by atoms with Gasteiger partial charge in [0, 0.05) is 34.8 Å². The highest BCUT2D eigenvalue weighted by Crippen LogP contribution is 2.45. The second-order valence-corrected chi connectivity index (χ2v) is 7.93. The molecule has 0 saturated carbocycles. The highest BCUT2D eigenvalue weighted by molar-refractivity contribution is 6.03. The number of allylic oxidation sites excluding steroid dienone is 1. The SMILES string of the molecule is O=C1CC2Oc3cc(O)ccc3C(c3ccccc3C(=O)O)=C2C=C1Cc1ccccc1. The van der Waals surface area contributed by atoms with Crippen LogP contribution in [-0.4, -0.2) is 28.1 Å². The lowest BCUT2D eigenvalue weighted by molar-refractivity contribution is -0.117. The normalized spacial score (nSPS) is 17.2. The maximum Gasteiger partial charge on any atom is 0.336 e. The van der Waals surface area contributed by atoms with Gasteiger partial charge in [-0.05, 0) is 35.4 Å². The van der Waals surface area contributed by atoms with Crippen molar-refractivity contribution in [2.24, 2.45) is 0 Å². The zero-order valence-electron chi connectivity index (χ0n) is 17.1. The molecule has 0 radical (unpaired) electrons. The van der Waals surface area contributed by atoms with E-state index in [1.54, 1.807) is 36.4 Å². The Morgan fingerprint density at radius 2 is 1.72 bits per heavy atom. The first-order valence-corrected chi connectivity index (χ1v) is 10.4. The molecule has 3 aromatic rings. The van der Waals surface area contributed by atoms with Crippen molar-refractivity contribution in [1.82, 2.24) is 0 Å². The summed E-state index contributed by atoms with van der Waals surface area (Å²) >= 11 is 0. The van der Waals surface area contributed by atoms with Crippen LogP contribution in [-0.2, 0) is 11.2 Å². The quantitative estimate of drug-likeness (QED) is 0.629. The summed E-state index contributed by atoms with van der Waals surface area (Å²) in [7, 11) is 0. The van der Waals surface area contributed by atoms with Gasteiger partial charge >= 0.3 is 5.97 Å². The Bertz CT molecular complexity index is 1300. The summed E-state index contributed by atoms with van der Waals surface area (Å²) in [6.07, 6.45) is 1.95. The first-order chi connectivity index (χ1) is 15.5. The highest BCUT2D eigenvalue weighted by atomic mass is 16.5. The molecule has 0 aromatic heterocycles. The van der Waals surface area contributed by atoms with E-state index in [0.717, 1.165) is 11.1 Å². The van der Waals surface area contributed by atoms with Crippen LogP contribution in [0.4, 0.5) is 0 Å². The number of rotatable bonds is 4. The van der Waals surface area contributed by atoms with Crippen LogP contribution in [0, 0.1) is 0 Å². The van der Waals surface area contributed by atoms with Gasteiger partial charge in [-0.1, -0.05) is 48.5 Å². The molecule has 5 nitrogen and oxygen atoms in total. The Morgan fingerprint density at radius 1 is 0.969 bits per heavy atom. The Morgan fingerprint density at radius 3 is 2.50 bits per heavy atom. The van der Waals surface area contributed by atoms with E-state index in [4.69, 9.17) is 4.74 Å². The number of hydrogen-bond acceptors (Lipinski definition) is 4. The fourth-order valence-electron chi connectivity index (χ4n) is 4.39. The summed E-state index contributed by atoms with van der Waals surface area (Å²) in [5.41, 5.74) is 4.60. The molecule has 1 heterocycles. The molecule has 32 heavy (non-hydrogen) atoms. The molecule has 3 aromatic carbocycles. The Balaban J connectivity index is 1.75. The van der Waals surface area contributed by atoms with Gasteiger partial charge in [0.25, 0.3) is 0 Å². The largest absolute Gasteiger partial charge is 0.508 e. The van der Waals surface area contributed by atoms with Gasteiger partial charge in [0.05, 0.1) is 12.0 Å². The standard InChI is InChI=1S/C27H20O5/c28-18-10-11-21-24(14-18)32-25-15-23(29)17(12-16-6-2-1-3-7-16)13-22(25)26(21)19-8-4-5-9-20(19)27(30)31/h1-11,13-14,25,28H,12,15H2,(H,30,31).